The van der Waals surface area contributed by atoms with Crippen molar-refractivity contribution in [2.24, 2.45) is 5.92 Å². The topological polar surface area (TPSA) is 40.9 Å². The van der Waals surface area contributed by atoms with E-state index in [9.17, 15) is 4.21 Å². The van der Waals surface area contributed by atoms with Crippen LogP contribution in [0.2, 0.25) is 0 Å². The van der Waals surface area contributed by atoms with Crippen molar-refractivity contribution < 1.29 is 4.21 Å². The minimum atomic E-state index is -0.923. The van der Waals surface area contributed by atoms with E-state index in [4.69, 9.17) is 5.26 Å². The van der Waals surface area contributed by atoms with E-state index in [2.05, 4.69) is 6.07 Å². The van der Waals surface area contributed by atoms with Crippen LogP contribution in [0.1, 0.15) is 12.5 Å². The first kappa shape index (κ1) is 10.9. The standard InChI is InChI=1S/C11H13NOS/c1-10(7-12)8-14(13)9-11-5-3-2-4-6-11/h2-6,10H,8-9H2,1H3. The van der Waals surface area contributed by atoms with Crippen molar-refractivity contribution in [3.8, 4) is 6.07 Å². The van der Waals surface area contributed by atoms with Crippen LogP contribution in [0.3, 0.4) is 0 Å². The van der Waals surface area contributed by atoms with E-state index in [-0.39, 0.29) is 5.92 Å². The van der Waals surface area contributed by atoms with Crippen LogP contribution >= 0.6 is 0 Å². The Kier molecular flexibility index (Phi) is 4.34. The van der Waals surface area contributed by atoms with E-state index < -0.39 is 10.8 Å². The third kappa shape index (κ3) is 3.71. The summed E-state index contributed by atoms with van der Waals surface area (Å²) in [5, 5.41) is 8.57. The lowest BCUT2D eigenvalue weighted by Gasteiger charge is -2.03. The molecule has 1 aromatic rings. The van der Waals surface area contributed by atoms with Crippen molar-refractivity contribution in [1.82, 2.24) is 0 Å². The molecule has 3 heteroatoms. The van der Waals surface area contributed by atoms with Crippen LogP contribution in [0.4, 0.5) is 0 Å². The van der Waals surface area contributed by atoms with Gasteiger partial charge in [0.25, 0.3) is 0 Å². The lowest BCUT2D eigenvalue weighted by Crippen LogP contribution is -2.07. The number of hydrogen-bond acceptors (Lipinski definition) is 2. The highest BCUT2D eigenvalue weighted by molar-refractivity contribution is 7.84. The average molecular weight is 207 g/mol. The van der Waals surface area contributed by atoms with Crippen LogP contribution in [0.25, 0.3) is 0 Å². The molecule has 0 heterocycles. The third-order valence-electron chi connectivity index (χ3n) is 1.83. The predicted octanol–water partition coefficient (Wildman–Crippen LogP) is 2.09. The van der Waals surface area contributed by atoms with Gasteiger partial charge in [-0.2, -0.15) is 5.26 Å². The van der Waals surface area contributed by atoms with Crippen LogP contribution < -0.4 is 0 Å². The zero-order chi connectivity index (χ0) is 10.4. The fourth-order valence-corrected chi connectivity index (χ4v) is 2.45. The van der Waals surface area contributed by atoms with Crippen molar-refractivity contribution in [2.75, 3.05) is 5.75 Å². The van der Waals surface area contributed by atoms with Gasteiger partial charge in [-0.3, -0.25) is 4.21 Å². The summed E-state index contributed by atoms with van der Waals surface area (Å²) in [4.78, 5) is 0. The second-order valence-corrected chi connectivity index (χ2v) is 4.77. The highest BCUT2D eigenvalue weighted by Gasteiger charge is 2.06. The van der Waals surface area contributed by atoms with E-state index in [1.54, 1.807) is 6.92 Å². The molecule has 0 bridgehead atoms. The first-order chi connectivity index (χ1) is 6.72. The van der Waals surface area contributed by atoms with Crippen LogP contribution in [0, 0.1) is 17.2 Å². The molecule has 2 nitrogen and oxygen atoms in total. The van der Waals surface area contributed by atoms with Gasteiger partial charge < -0.3 is 0 Å². The second-order valence-electron chi connectivity index (χ2n) is 3.27. The summed E-state index contributed by atoms with van der Waals surface area (Å²) in [6, 6.07) is 11.8. The molecule has 14 heavy (non-hydrogen) atoms. The van der Waals surface area contributed by atoms with Gasteiger partial charge in [-0.25, -0.2) is 0 Å². The minimum Gasteiger partial charge on any atom is -0.259 e. The van der Waals surface area contributed by atoms with Gasteiger partial charge in [0.15, 0.2) is 0 Å². The Bertz CT molecular complexity index is 342. The number of rotatable bonds is 4. The maximum atomic E-state index is 11.5. The quantitative estimate of drug-likeness (QED) is 0.758. The minimum absolute atomic E-state index is 0.125. The highest BCUT2D eigenvalue weighted by atomic mass is 32.2. The lowest BCUT2D eigenvalue weighted by atomic mass is 10.2. The average Bonchev–Trinajstić information content (AvgIpc) is 2.19. The molecule has 0 aromatic heterocycles. The van der Waals surface area contributed by atoms with E-state index in [1.807, 2.05) is 30.3 Å². The van der Waals surface area contributed by atoms with E-state index in [0.29, 0.717) is 11.5 Å². The Balaban J connectivity index is 2.47. The second kappa shape index (κ2) is 5.56. The molecule has 0 saturated heterocycles. The van der Waals surface area contributed by atoms with Gasteiger partial charge in [-0.1, -0.05) is 30.3 Å². The molecule has 1 rings (SSSR count). The molecule has 0 N–H and O–H groups in total. The molecule has 0 amide bonds. The number of nitrogens with zero attached hydrogens (tertiary/aromatic N) is 1. The van der Waals surface area contributed by atoms with E-state index in [0.717, 1.165) is 5.56 Å². The molecule has 0 fully saturated rings. The Morgan fingerprint density at radius 2 is 2.07 bits per heavy atom. The fourth-order valence-electron chi connectivity index (χ4n) is 1.14. The molecular weight excluding hydrogens is 194 g/mol. The molecule has 0 radical (unpaired) electrons. The zero-order valence-electron chi connectivity index (χ0n) is 8.14. The van der Waals surface area contributed by atoms with Crippen LogP contribution in [-0.4, -0.2) is 9.96 Å². The summed E-state index contributed by atoms with van der Waals surface area (Å²) in [5.74, 6) is 0.887. The van der Waals surface area contributed by atoms with Crippen molar-refractivity contribution in [3.05, 3.63) is 35.9 Å². The van der Waals surface area contributed by atoms with Gasteiger partial charge in [-0.15, -0.1) is 0 Å². The third-order valence-corrected chi connectivity index (χ3v) is 3.35. The summed E-state index contributed by atoms with van der Waals surface area (Å²) in [5.41, 5.74) is 1.07. The summed E-state index contributed by atoms with van der Waals surface area (Å²) in [7, 11) is -0.923. The van der Waals surface area contributed by atoms with Crippen molar-refractivity contribution in [3.63, 3.8) is 0 Å². The maximum Gasteiger partial charge on any atom is 0.0662 e. The Hall–Kier alpha value is -1.14. The largest absolute Gasteiger partial charge is 0.259 e. The predicted molar refractivity (Wildman–Crippen MR) is 57.9 cm³/mol. The zero-order valence-corrected chi connectivity index (χ0v) is 8.96. The highest BCUT2D eigenvalue weighted by Crippen LogP contribution is 2.05. The van der Waals surface area contributed by atoms with E-state index in [1.165, 1.54) is 0 Å². The summed E-state index contributed by atoms with van der Waals surface area (Å²) in [6.07, 6.45) is 0. The molecule has 1 aromatic carbocycles. The summed E-state index contributed by atoms with van der Waals surface area (Å²) < 4.78 is 11.5. The van der Waals surface area contributed by atoms with Crippen LogP contribution in [0.5, 0.6) is 0 Å². The van der Waals surface area contributed by atoms with Gasteiger partial charge in [0.2, 0.25) is 0 Å². The molecule has 0 saturated carbocycles. The molecule has 2 atom stereocenters. The molecule has 74 valence electrons. The summed E-state index contributed by atoms with van der Waals surface area (Å²) in [6.45, 7) is 1.79. The molecular formula is C11H13NOS. The van der Waals surface area contributed by atoms with Crippen LogP contribution in [-0.2, 0) is 16.6 Å². The first-order valence-corrected chi connectivity index (χ1v) is 5.99. The SMILES string of the molecule is CC(C#N)CS(=O)Cc1ccccc1. The van der Waals surface area contributed by atoms with Gasteiger partial charge in [0.05, 0.1) is 12.0 Å². The monoisotopic (exact) mass is 207 g/mol. The van der Waals surface area contributed by atoms with Crippen molar-refractivity contribution in [1.29, 1.82) is 5.26 Å². The smallest absolute Gasteiger partial charge is 0.0662 e. The number of hydrogen-bond donors (Lipinski definition) is 0. The van der Waals surface area contributed by atoms with E-state index >= 15 is 0 Å². The van der Waals surface area contributed by atoms with Crippen molar-refractivity contribution in [2.45, 2.75) is 12.7 Å². The van der Waals surface area contributed by atoms with Gasteiger partial charge in [0.1, 0.15) is 0 Å². The Morgan fingerprint density at radius 1 is 1.43 bits per heavy atom. The molecule has 2 unspecified atom stereocenters. The van der Waals surface area contributed by atoms with Crippen LogP contribution in [0.15, 0.2) is 30.3 Å². The van der Waals surface area contributed by atoms with Crippen molar-refractivity contribution >= 4 is 10.8 Å². The maximum absolute atomic E-state index is 11.5. The Labute approximate surface area is 87.0 Å². The normalized spacial score (nSPS) is 14.3. The molecule has 0 aliphatic rings. The van der Waals surface area contributed by atoms with Gasteiger partial charge >= 0.3 is 0 Å². The summed E-state index contributed by atoms with van der Waals surface area (Å²) >= 11 is 0. The van der Waals surface area contributed by atoms with Gasteiger partial charge in [0, 0.05) is 22.3 Å². The molecule has 0 spiro atoms. The fraction of sp³-hybridized carbons (Fsp3) is 0.364. The molecule has 0 aliphatic carbocycles. The lowest BCUT2D eigenvalue weighted by molar-refractivity contribution is 0.675. The molecule has 0 aliphatic heterocycles. The Morgan fingerprint density at radius 3 is 2.64 bits per heavy atom. The number of benzene rings is 1. The number of nitriles is 1. The van der Waals surface area contributed by atoms with Gasteiger partial charge in [-0.05, 0) is 12.5 Å². The first-order valence-electron chi connectivity index (χ1n) is 4.51.